The molecule has 1 aromatic heterocycles. The van der Waals surface area contributed by atoms with Gasteiger partial charge in [0.05, 0.1) is 13.5 Å². The van der Waals surface area contributed by atoms with E-state index in [1.807, 2.05) is 35.8 Å². The highest BCUT2D eigenvalue weighted by Gasteiger charge is 2.21. The van der Waals surface area contributed by atoms with Crippen molar-refractivity contribution in [3.63, 3.8) is 0 Å². The van der Waals surface area contributed by atoms with Crippen molar-refractivity contribution in [3.8, 4) is 5.75 Å². The molecule has 1 fully saturated rings. The summed E-state index contributed by atoms with van der Waals surface area (Å²) in [5.41, 5.74) is 1.00. The standard InChI is InChI=1S/C17H21N3O2S/c1-22-15-4-2-13(3-5-15)12-16(21)19-14-6-9-20(10-7-14)17-18-8-11-23-17/h2-5,8,11,14H,6-7,9-10,12H2,1H3,(H,19,21). The van der Waals surface area contributed by atoms with Crippen LogP contribution in [0.1, 0.15) is 18.4 Å². The Morgan fingerprint density at radius 3 is 2.70 bits per heavy atom. The number of hydrogen-bond donors (Lipinski definition) is 1. The quantitative estimate of drug-likeness (QED) is 0.914. The van der Waals surface area contributed by atoms with Gasteiger partial charge in [-0.2, -0.15) is 0 Å². The number of hydrogen-bond acceptors (Lipinski definition) is 5. The summed E-state index contributed by atoms with van der Waals surface area (Å²) in [6.45, 7) is 1.89. The van der Waals surface area contributed by atoms with Crippen LogP contribution >= 0.6 is 11.3 Å². The third kappa shape index (κ3) is 4.22. The van der Waals surface area contributed by atoms with E-state index < -0.39 is 0 Å². The molecule has 1 N–H and O–H groups in total. The van der Waals surface area contributed by atoms with Crippen LogP contribution in [0.25, 0.3) is 0 Å². The number of methoxy groups -OCH3 is 1. The van der Waals surface area contributed by atoms with Crippen LogP contribution in [-0.2, 0) is 11.2 Å². The molecule has 23 heavy (non-hydrogen) atoms. The van der Waals surface area contributed by atoms with Gasteiger partial charge in [-0.25, -0.2) is 4.98 Å². The minimum Gasteiger partial charge on any atom is -0.497 e. The largest absolute Gasteiger partial charge is 0.497 e. The molecule has 1 saturated heterocycles. The second-order valence-corrected chi connectivity index (χ2v) is 6.54. The molecule has 0 radical (unpaired) electrons. The van der Waals surface area contributed by atoms with Crippen molar-refractivity contribution in [1.82, 2.24) is 10.3 Å². The lowest BCUT2D eigenvalue weighted by atomic mass is 10.0. The Bertz CT molecular complexity index is 620. The van der Waals surface area contributed by atoms with Crippen LogP contribution in [0.3, 0.4) is 0 Å². The summed E-state index contributed by atoms with van der Waals surface area (Å²) < 4.78 is 5.13. The fourth-order valence-corrected chi connectivity index (χ4v) is 3.49. The second-order valence-electron chi connectivity index (χ2n) is 5.67. The molecule has 0 bridgehead atoms. The number of thiazole rings is 1. The van der Waals surface area contributed by atoms with E-state index >= 15 is 0 Å². The van der Waals surface area contributed by atoms with Gasteiger partial charge in [-0.15, -0.1) is 11.3 Å². The molecule has 1 aromatic carbocycles. The number of benzene rings is 1. The van der Waals surface area contributed by atoms with Crippen LogP contribution in [0, 0.1) is 0 Å². The predicted molar refractivity (Wildman–Crippen MR) is 92.2 cm³/mol. The summed E-state index contributed by atoms with van der Waals surface area (Å²) in [6, 6.07) is 7.90. The zero-order chi connectivity index (χ0) is 16.1. The first-order valence-corrected chi connectivity index (χ1v) is 8.69. The number of carbonyl (C=O) groups excluding carboxylic acids is 1. The highest BCUT2D eigenvalue weighted by Crippen LogP contribution is 2.22. The summed E-state index contributed by atoms with van der Waals surface area (Å²) in [5.74, 6) is 0.895. The Kier molecular flexibility index (Phi) is 5.12. The van der Waals surface area contributed by atoms with Crippen molar-refractivity contribution < 1.29 is 9.53 Å². The van der Waals surface area contributed by atoms with E-state index in [0.29, 0.717) is 6.42 Å². The first kappa shape index (κ1) is 15.8. The fraction of sp³-hybridized carbons (Fsp3) is 0.412. The number of anilines is 1. The predicted octanol–water partition coefficient (Wildman–Crippen LogP) is 2.48. The number of rotatable bonds is 5. The van der Waals surface area contributed by atoms with E-state index in [1.54, 1.807) is 18.4 Å². The van der Waals surface area contributed by atoms with E-state index in [-0.39, 0.29) is 11.9 Å². The molecule has 1 aliphatic heterocycles. The van der Waals surface area contributed by atoms with Gasteiger partial charge < -0.3 is 15.0 Å². The highest BCUT2D eigenvalue weighted by molar-refractivity contribution is 7.13. The SMILES string of the molecule is COc1ccc(CC(=O)NC2CCN(c3nccs3)CC2)cc1. The molecule has 0 spiro atoms. The van der Waals surface area contributed by atoms with Gasteiger partial charge in [0.25, 0.3) is 0 Å². The van der Waals surface area contributed by atoms with Crippen LogP contribution in [0.15, 0.2) is 35.8 Å². The third-order valence-electron chi connectivity index (χ3n) is 4.07. The Hall–Kier alpha value is -2.08. The van der Waals surface area contributed by atoms with Gasteiger partial charge >= 0.3 is 0 Å². The highest BCUT2D eigenvalue weighted by atomic mass is 32.1. The maximum atomic E-state index is 12.2. The van der Waals surface area contributed by atoms with Crippen molar-refractivity contribution in [2.45, 2.75) is 25.3 Å². The smallest absolute Gasteiger partial charge is 0.224 e. The van der Waals surface area contributed by atoms with Gasteiger partial charge in [0.2, 0.25) is 5.91 Å². The Balaban J connectivity index is 1.45. The molecule has 0 atom stereocenters. The number of amides is 1. The lowest BCUT2D eigenvalue weighted by molar-refractivity contribution is -0.121. The maximum Gasteiger partial charge on any atom is 0.224 e. The van der Waals surface area contributed by atoms with Gasteiger partial charge in [0.1, 0.15) is 5.75 Å². The number of carbonyl (C=O) groups is 1. The van der Waals surface area contributed by atoms with Crippen LogP contribution in [-0.4, -0.2) is 37.1 Å². The summed E-state index contributed by atoms with van der Waals surface area (Å²) in [5, 5.41) is 6.22. The number of nitrogens with one attached hydrogen (secondary N) is 1. The molecule has 122 valence electrons. The summed E-state index contributed by atoms with van der Waals surface area (Å²) in [4.78, 5) is 18.8. The first-order valence-electron chi connectivity index (χ1n) is 7.81. The number of aromatic nitrogens is 1. The summed E-state index contributed by atoms with van der Waals surface area (Å²) in [6.07, 6.45) is 4.18. The van der Waals surface area contributed by atoms with Crippen molar-refractivity contribution in [3.05, 3.63) is 41.4 Å². The number of ether oxygens (including phenoxy) is 1. The average molecular weight is 331 g/mol. The number of nitrogens with zero attached hydrogens (tertiary/aromatic N) is 2. The van der Waals surface area contributed by atoms with Crippen molar-refractivity contribution >= 4 is 22.4 Å². The molecular weight excluding hydrogens is 310 g/mol. The Labute approximate surface area is 140 Å². The van der Waals surface area contributed by atoms with Crippen LogP contribution in [0.5, 0.6) is 5.75 Å². The third-order valence-corrected chi connectivity index (χ3v) is 4.91. The minimum atomic E-state index is 0.0860. The maximum absolute atomic E-state index is 12.2. The molecule has 2 heterocycles. The molecule has 1 amide bonds. The van der Waals surface area contributed by atoms with Crippen molar-refractivity contribution in [2.24, 2.45) is 0 Å². The molecule has 6 heteroatoms. The van der Waals surface area contributed by atoms with Crippen LogP contribution in [0.4, 0.5) is 5.13 Å². The summed E-state index contributed by atoms with van der Waals surface area (Å²) in [7, 11) is 1.64. The van der Waals surface area contributed by atoms with Gasteiger partial charge in [-0.3, -0.25) is 4.79 Å². The zero-order valence-electron chi connectivity index (χ0n) is 13.2. The molecule has 0 aliphatic carbocycles. The van der Waals surface area contributed by atoms with E-state index in [1.165, 1.54) is 0 Å². The van der Waals surface area contributed by atoms with E-state index in [2.05, 4.69) is 15.2 Å². The summed E-state index contributed by atoms with van der Waals surface area (Å²) >= 11 is 1.67. The Morgan fingerprint density at radius 2 is 2.09 bits per heavy atom. The van der Waals surface area contributed by atoms with Crippen molar-refractivity contribution in [2.75, 3.05) is 25.1 Å². The van der Waals surface area contributed by atoms with E-state index in [4.69, 9.17) is 4.74 Å². The first-order chi connectivity index (χ1) is 11.2. The van der Waals surface area contributed by atoms with Gasteiger partial charge in [0.15, 0.2) is 5.13 Å². The zero-order valence-corrected chi connectivity index (χ0v) is 14.0. The van der Waals surface area contributed by atoms with E-state index in [9.17, 15) is 4.79 Å². The topological polar surface area (TPSA) is 54.5 Å². The second kappa shape index (κ2) is 7.46. The van der Waals surface area contributed by atoms with Gasteiger partial charge in [-0.1, -0.05) is 12.1 Å². The van der Waals surface area contributed by atoms with E-state index in [0.717, 1.165) is 42.4 Å². The van der Waals surface area contributed by atoms with Crippen LogP contribution in [0.2, 0.25) is 0 Å². The lowest BCUT2D eigenvalue weighted by Gasteiger charge is -2.32. The van der Waals surface area contributed by atoms with Gasteiger partial charge in [-0.05, 0) is 30.5 Å². The van der Waals surface area contributed by atoms with Crippen LogP contribution < -0.4 is 15.0 Å². The molecule has 0 unspecified atom stereocenters. The minimum absolute atomic E-state index is 0.0860. The molecule has 5 nitrogen and oxygen atoms in total. The average Bonchev–Trinajstić information content (AvgIpc) is 3.11. The van der Waals surface area contributed by atoms with Gasteiger partial charge in [0, 0.05) is 30.7 Å². The molecule has 2 aromatic rings. The lowest BCUT2D eigenvalue weighted by Crippen LogP contribution is -2.45. The number of piperidine rings is 1. The fourth-order valence-electron chi connectivity index (χ4n) is 2.79. The molecule has 0 saturated carbocycles. The molecular formula is C17H21N3O2S. The monoisotopic (exact) mass is 331 g/mol. The van der Waals surface area contributed by atoms with Crippen molar-refractivity contribution in [1.29, 1.82) is 0 Å². The Morgan fingerprint density at radius 1 is 1.35 bits per heavy atom. The molecule has 1 aliphatic rings. The normalized spacial score (nSPS) is 15.4. The molecule has 3 rings (SSSR count).